The van der Waals surface area contributed by atoms with Crippen molar-refractivity contribution in [2.24, 2.45) is 4.99 Å². The van der Waals surface area contributed by atoms with Crippen molar-refractivity contribution in [3.8, 4) is 0 Å². The number of rotatable bonds is 3. The van der Waals surface area contributed by atoms with Crippen LogP contribution in [0.2, 0.25) is 10.0 Å². The maximum absolute atomic E-state index is 13.2. The van der Waals surface area contributed by atoms with Crippen LogP contribution in [0.1, 0.15) is 21.5 Å². The van der Waals surface area contributed by atoms with E-state index in [1.54, 1.807) is 18.2 Å². The summed E-state index contributed by atoms with van der Waals surface area (Å²) in [5, 5.41) is 1.24. The number of thioether (sulfide) groups is 1. The number of aliphatic imine (C=N–C) groups is 1. The van der Waals surface area contributed by atoms with E-state index < -0.39 is 17.6 Å². The molecule has 27 heavy (non-hydrogen) atoms. The van der Waals surface area contributed by atoms with E-state index in [9.17, 15) is 18.0 Å². The number of carbonyl (C=O) groups excluding carboxylic acids is 1. The van der Waals surface area contributed by atoms with Crippen molar-refractivity contribution in [2.75, 3.05) is 13.1 Å². The van der Waals surface area contributed by atoms with Gasteiger partial charge in [0, 0.05) is 12.3 Å². The van der Waals surface area contributed by atoms with Crippen LogP contribution in [0.4, 0.5) is 13.2 Å². The average Bonchev–Trinajstić information content (AvgIpc) is 3.10. The minimum Gasteiger partial charge on any atom is -0.286 e. The quantitative estimate of drug-likeness (QED) is 0.617. The molecular formula is C18H13Cl2F3N2OS. The van der Waals surface area contributed by atoms with E-state index in [1.807, 2.05) is 0 Å². The molecule has 0 unspecified atom stereocenters. The summed E-state index contributed by atoms with van der Waals surface area (Å²) in [4.78, 5) is 18.3. The van der Waals surface area contributed by atoms with Crippen molar-refractivity contribution >= 4 is 46.0 Å². The standard InChI is InChI=1S/C18H13Cl2F3N2OS/c19-14-6-5-11(9-15(14)20)10-27-17-24-7-8-25(17)16(26)12-3-1-2-4-13(12)18(21,22)23/h1-6,9H,7-8,10H2. The summed E-state index contributed by atoms with van der Waals surface area (Å²) in [6.45, 7) is 0.596. The number of alkyl halides is 3. The molecular weight excluding hydrogens is 420 g/mol. The Balaban J connectivity index is 1.76. The first-order valence-corrected chi connectivity index (χ1v) is 9.61. The topological polar surface area (TPSA) is 32.7 Å². The Kier molecular flexibility index (Phi) is 6.03. The number of benzene rings is 2. The minimum absolute atomic E-state index is 0.245. The first-order valence-electron chi connectivity index (χ1n) is 7.86. The second-order valence-electron chi connectivity index (χ2n) is 5.70. The van der Waals surface area contributed by atoms with Gasteiger partial charge in [-0.25, -0.2) is 0 Å². The predicted octanol–water partition coefficient (Wildman–Crippen LogP) is 5.76. The molecule has 0 bridgehead atoms. The van der Waals surface area contributed by atoms with Gasteiger partial charge in [0.1, 0.15) is 0 Å². The summed E-state index contributed by atoms with van der Waals surface area (Å²) in [6.07, 6.45) is -4.60. The molecule has 2 aromatic carbocycles. The van der Waals surface area contributed by atoms with Gasteiger partial charge < -0.3 is 0 Å². The van der Waals surface area contributed by atoms with Crippen LogP contribution < -0.4 is 0 Å². The summed E-state index contributed by atoms with van der Waals surface area (Å²) in [5.41, 5.74) is -0.461. The second-order valence-corrected chi connectivity index (χ2v) is 7.46. The SMILES string of the molecule is O=C(c1ccccc1C(F)(F)F)N1CCN=C1SCc1ccc(Cl)c(Cl)c1. The Bertz CT molecular complexity index is 902. The Hall–Kier alpha value is -1.70. The minimum atomic E-state index is -4.60. The van der Waals surface area contributed by atoms with E-state index in [2.05, 4.69) is 4.99 Å². The largest absolute Gasteiger partial charge is 0.417 e. The molecule has 0 N–H and O–H groups in total. The maximum atomic E-state index is 13.2. The number of amides is 1. The first kappa shape index (κ1) is 20.0. The molecule has 1 amide bonds. The van der Waals surface area contributed by atoms with Gasteiger partial charge in [0.15, 0.2) is 5.17 Å². The summed E-state index contributed by atoms with van der Waals surface area (Å²) < 4.78 is 39.6. The van der Waals surface area contributed by atoms with Gasteiger partial charge in [-0.05, 0) is 29.8 Å². The highest BCUT2D eigenvalue weighted by Gasteiger charge is 2.37. The Morgan fingerprint density at radius 2 is 1.89 bits per heavy atom. The molecule has 0 spiro atoms. The van der Waals surface area contributed by atoms with E-state index in [-0.39, 0.29) is 12.1 Å². The zero-order valence-corrected chi connectivity index (χ0v) is 16.1. The molecule has 0 radical (unpaired) electrons. The van der Waals surface area contributed by atoms with Crippen molar-refractivity contribution in [1.82, 2.24) is 4.90 Å². The van der Waals surface area contributed by atoms with Crippen molar-refractivity contribution in [2.45, 2.75) is 11.9 Å². The van der Waals surface area contributed by atoms with Crippen molar-refractivity contribution in [1.29, 1.82) is 0 Å². The molecule has 3 rings (SSSR count). The fraction of sp³-hybridized carbons (Fsp3) is 0.222. The summed E-state index contributed by atoms with van der Waals surface area (Å²) in [7, 11) is 0. The number of hydrogen-bond donors (Lipinski definition) is 0. The van der Waals surface area contributed by atoms with Crippen LogP contribution in [0.5, 0.6) is 0 Å². The third kappa shape index (κ3) is 4.59. The lowest BCUT2D eigenvalue weighted by atomic mass is 10.1. The number of amidine groups is 1. The molecule has 142 valence electrons. The molecule has 2 aromatic rings. The third-order valence-electron chi connectivity index (χ3n) is 3.86. The highest BCUT2D eigenvalue weighted by molar-refractivity contribution is 8.13. The highest BCUT2D eigenvalue weighted by Crippen LogP contribution is 2.33. The summed E-state index contributed by atoms with van der Waals surface area (Å²) in [5.74, 6) is -0.249. The van der Waals surface area contributed by atoms with Gasteiger partial charge in [0.2, 0.25) is 0 Å². The maximum Gasteiger partial charge on any atom is 0.417 e. The van der Waals surface area contributed by atoms with Crippen LogP contribution in [-0.2, 0) is 11.9 Å². The monoisotopic (exact) mass is 432 g/mol. The molecule has 0 atom stereocenters. The molecule has 0 saturated carbocycles. The predicted molar refractivity (Wildman–Crippen MR) is 103 cm³/mol. The van der Waals surface area contributed by atoms with Crippen LogP contribution in [-0.4, -0.2) is 29.1 Å². The molecule has 0 aromatic heterocycles. The average molecular weight is 433 g/mol. The van der Waals surface area contributed by atoms with E-state index in [0.29, 0.717) is 27.5 Å². The molecule has 0 saturated heterocycles. The first-order chi connectivity index (χ1) is 12.8. The van der Waals surface area contributed by atoms with E-state index in [1.165, 1.54) is 34.9 Å². The Labute approximate surface area is 168 Å². The van der Waals surface area contributed by atoms with Gasteiger partial charge in [-0.15, -0.1) is 0 Å². The number of carbonyl (C=O) groups is 1. The molecule has 3 nitrogen and oxygen atoms in total. The van der Waals surface area contributed by atoms with Gasteiger partial charge in [0.25, 0.3) is 5.91 Å². The van der Waals surface area contributed by atoms with Crippen molar-refractivity contribution in [3.05, 3.63) is 69.2 Å². The van der Waals surface area contributed by atoms with Crippen molar-refractivity contribution in [3.63, 3.8) is 0 Å². The molecule has 1 aliphatic heterocycles. The lowest BCUT2D eigenvalue weighted by molar-refractivity contribution is -0.138. The van der Waals surface area contributed by atoms with Crippen LogP contribution in [0.3, 0.4) is 0 Å². The molecule has 9 heteroatoms. The van der Waals surface area contributed by atoms with Gasteiger partial charge in [0.05, 0.1) is 27.7 Å². The van der Waals surface area contributed by atoms with E-state index in [0.717, 1.165) is 11.6 Å². The number of halogens is 5. The lowest BCUT2D eigenvalue weighted by Crippen LogP contribution is -2.34. The smallest absolute Gasteiger partial charge is 0.286 e. The molecule has 0 aliphatic carbocycles. The molecule has 0 fully saturated rings. The Morgan fingerprint density at radius 3 is 2.59 bits per heavy atom. The zero-order chi connectivity index (χ0) is 19.6. The van der Waals surface area contributed by atoms with E-state index in [4.69, 9.17) is 23.2 Å². The Morgan fingerprint density at radius 1 is 1.15 bits per heavy atom. The highest BCUT2D eigenvalue weighted by atomic mass is 35.5. The van der Waals surface area contributed by atoms with Gasteiger partial charge in [-0.3, -0.25) is 14.7 Å². The summed E-state index contributed by atoms with van der Waals surface area (Å²) >= 11 is 13.1. The fourth-order valence-electron chi connectivity index (χ4n) is 2.58. The van der Waals surface area contributed by atoms with Crippen LogP contribution >= 0.6 is 35.0 Å². The lowest BCUT2D eigenvalue weighted by Gasteiger charge is -2.20. The fourth-order valence-corrected chi connectivity index (χ4v) is 3.89. The number of hydrogen-bond acceptors (Lipinski definition) is 3. The van der Waals surface area contributed by atoms with Gasteiger partial charge in [-0.2, -0.15) is 13.2 Å². The normalized spacial score (nSPS) is 14.4. The van der Waals surface area contributed by atoms with Crippen LogP contribution in [0.25, 0.3) is 0 Å². The van der Waals surface area contributed by atoms with Gasteiger partial charge >= 0.3 is 6.18 Å². The van der Waals surface area contributed by atoms with Gasteiger partial charge in [-0.1, -0.05) is 53.2 Å². The second kappa shape index (κ2) is 8.12. The number of nitrogens with zero attached hydrogens (tertiary/aromatic N) is 2. The van der Waals surface area contributed by atoms with Crippen LogP contribution in [0.15, 0.2) is 47.5 Å². The third-order valence-corrected chi connectivity index (χ3v) is 5.69. The molecule has 1 heterocycles. The zero-order valence-electron chi connectivity index (χ0n) is 13.8. The van der Waals surface area contributed by atoms with E-state index >= 15 is 0 Å². The van der Waals surface area contributed by atoms with Crippen LogP contribution in [0, 0.1) is 0 Å². The summed E-state index contributed by atoms with van der Waals surface area (Å²) in [6, 6.07) is 9.93. The van der Waals surface area contributed by atoms with Crippen molar-refractivity contribution < 1.29 is 18.0 Å². The molecule has 1 aliphatic rings.